The first-order valence-corrected chi connectivity index (χ1v) is 7.02. The minimum absolute atomic E-state index is 0.245. The second-order valence-corrected chi connectivity index (χ2v) is 5.10. The fourth-order valence-corrected chi connectivity index (χ4v) is 2.74. The van der Waals surface area contributed by atoms with Gasteiger partial charge in [-0.05, 0) is 18.2 Å². The number of hydrogen-bond acceptors (Lipinski definition) is 3. The van der Waals surface area contributed by atoms with E-state index in [1.165, 1.54) is 12.3 Å². The zero-order chi connectivity index (χ0) is 14.1. The van der Waals surface area contributed by atoms with Gasteiger partial charge in [-0.2, -0.15) is 0 Å². The third-order valence-corrected chi connectivity index (χ3v) is 3.84. The van der Waals surface area contributed by atoms with Crippen molar-refractivity contribution < 1.29 is 4.39 Å². The second-order valence-electron chi connectivity index (χ2n) is 4.83. The van der Waals surface area contributed by atoms with Gasteiger partial charge >= 0.3 is 0 Å². The van der Waals surface area contributed by atoms with Crippen LogP contribution in [0.1, 0.15) is 5.56 Å². The molecular formula is C15H15ClFN3. The van der Waals surface area contributed by atoms with Crippen molar-refractivity contribution in [2.75, 3.05) is 29.9 Å². The Morgan fingerprint density at radius 3 is 2.75 bits per heavy atom. The van der Waals surface area contributed by atoms with E-state index in [2.05, 4.69) is 27.9 Å². The van der Waals surface area contributed by atoms with Crippen molar-refractivity contribution in [3.05, 3.63) is 47.9 Å². The molecule has 1 aliphatic rings. The third kappa shape index (κ3) is 2.20. The zero-order valence-electron chi connectivity index (χ0n) is 11.2. The summed E-state index contributed by atoms with van der Waals surface area (Å²) in [7, 11) is 2.07. The molecule has 0 aliphatic carbocycles. The number of halogens is 2. The van der Waals surface area contributed by atoms with Gasteiger partial charge in [0, 0.05) is 25.7 Å². The summed E-state index contributed by atoms with van der Waals surface area (Å²) in [6.45, 7) is 1.69. The maximum Gasteiger partial charge on any atom is 0.141 e. The molecule has 0 saturated carbocycles. The van der Waals surface area contributed by atoms with Crippen molar-refractivity contribution in [1.82, 2.24) is 4.98 Å². The predicted octanol–water partition coefficient (Wildman–Crippen LogP) is 3.55. The number of likely N-dealkylation sites (N-methyl/N-ethyl adjacent to an activating group) is 1. The molecule has 5 heteroatoms. The SMILES string of the molecule is CN1CCN(c2ncc(F)cc2CCl)c2ccccc21. The van der Waals surface area contributed by atoms with Gasteiger partial charge < -0.3 is 9.80 Å². The van der Waals surface area contributed by atoms with E-state index >= 15 is 0 Å². The van der Waals surface area contributed by atoms with Gasteiger partial charge in [0.2, 0.25) is 0 Å². The highest BCUT2D eigenvalue weighted by Gasteiger charge is 2.23. The summed E-state index contributed by atoms with van der Waals surface area (Å²) in [5.41, 5.74) is 2.93. The summed E-state index contributed by atoms with van der Waals surface area (Å²) in [6.07, 6.45) is 1.24. The first-order chi connectivity index (χ1) is 9.70. The van der Waals surface area contributed by atoms with Crippen LogP contribution in [0.5, 0.6) is 0 Å². The Morgan fingerprint density at radius 2 is 2.00 bits per heavy atom. The number of anilines is 3. The van der Waals surface area contributed by atoms with Gasteiger partial charge in [0.15, 0.2) is 0 Å². The van der Waals surface area contributed by atoms with Gasteiger partial charge in [-0.25, -0.2) is 9.37 Å². The first-order valence-electron chi connectivity index (χ1n) is 6.49. The quantitative estimate of drug-likeness (QED) is 0.789. The smallest absolute Gasteiger partial charge is 0.141 e. The molecule has 20 heavy (non-hydrogen) atoms. The van der Waals surface area contributed by atoms with E-state index in [0.29, 0.717) is 5.56 Å². The Bertz CT molecular complexity index is 632. The Kier molecular flexibility index (Phi) is 3.49. The number of aromatic nitrogens is 1. The van der Waals surface area contributed by atoms with Crippen molar-refractivity contribution in [1.29, 1.82) is 0 Å². The van der Waals surface area contributed by atoms with E-state index < -0.39 is 0 Å². The Balaban J connectivity index is 2.10. The molecule has 0 spiro atoms. The van der Waals surface area contributed by atoms with E-state index in [9.17, 15) is 4.39 Å². The second kappa shape index (κ2) is 5.29. The number of benzene rings is 1. The van der Waals surface area contributed by atoms with Crippen molar-refractivity contribution in [3.8, 4) is 0 Å². The van der Waals surface area contributed by atoms with E-state index in [1.54, 1.807) is 0 Å². The average molecular weight is 292 g/mol. The highest BCUT2D eigenvalue weighted by molar-refractivity contribution is 6.17. The standard InChI is InChI=1S/C15H15ClFN3/c1-19-6-7-20(14-5-3-2-4-13(14)19)15-11(9-16)8-12(17)10-18-15/h2-5,8,10H,6-7,9H2,1H3. The monoisotopic (exact) mass is 291 g/mol. The summed E-state index contributed by atoms with van der Waals surface area (Å²) in [6, 6.07) is 9.59. The maximum atomic E-state index is 13.3. The molecule has 1 aromatic heterocycles. The predicted molar refractivity (Wildman–Crippen MR) is 80.5 cm³/mol. The van der Waals surface area contributed by atoms with Crippen LogP contribution in [-0.2, 0) is 5.88 Å². The van der Waals surface area contributed by atoms with Crippen LogP contribution in [0.25, 0.3) is 0 Å². The number of pyridine rings is 1. The van der Waals surface area contributed by atoms with Gasteiger partial charge in [0.1, 0.15) is 11.6 Å². The third-order valence-electron chi connectivity index (χ3n) is 3.55. The summed E-state index contributed by atoms with van der Waals surface area (Å²) in [5.74, 6) is 0.628. The molecule has 0 unspecified atom stereocenters. The van der Waals surface area contributed by atoms with Gasteiger partial charge in [-0.1, -0.05) is 12.1 Å². The molecule has 0 atom stereocenters. The number of para-hydroxylation sites is 2. The molecular weight excluding hydrogens is 277 g/mol. The fraction of sp³-hybridized carbons (Fsp3) is 0.267. The first kappa shape index (κ1) is 13.2. The molecule has 2 aromatic rings. The number of hydrogen-bond donors (Lipinski definition) is 0. The Hall–Kier alpha value is -1.81. The summed E-state index contributed by atoms with van der Waals surface area (Å²) in [5, 5.41) is 0. The molecule has 1 aromatic carbocycles. The summed E-state index contributed by atoms with van der Waals surface area (Å²) < 4.78 is 13.3. The molecule has 0 bridgehead atoms. The van der Waals surface area contributed by atoms with Crippen LogP contribution < -0.4 is 9.80 Å². The lowest BCUT2D eigenvalue weighted by Crippen LogP contribution is -2.37. The maximum absolute atomic E-state index is 13.3. The molecule has 0 radical (unpaired) electrons. The van der Waals surface area contributed by atoms with Crippen LogP contribution in [-0.4, -0.2) is 25.1 Å². The number of nitrogens with zero attached hydrogens (tertiary/aromatic N) is 3. The summed E-state index contributed by atoms with van der Waals surface area (Å²) >= 11 is 5.94. The molecule has 2 heterocycles. The van der Waals surface area contributed by atoms with Crippen molar-refractivity contribution >= 4 is 28.8 Å². The van der Waals surface area contributed by atoms with E-state index in [-0.39, 0.29) is 11.7 Å². The largest absolute Gasteiger partial charge is 0.371 e. The van der Waals surface area contributed by atoms with Crippen LogP contribution in [0.4, 0.5) is 21.6 Å². The number of rotatable bonds is 2. The van der Waals surface area contributed by atoms with E-state index in [0.717, 1.165) is 30.3 Å². The van der Waals surface area contributed by atoms with Crippen molar-refractivity contribution in [2.24, 2.45) is 0 Å². The van der Waals surface area contributed by atoms with Crippen LogP contribution in [0.3, 0.4) is 0 Å². The van der Waals surface area contributed by atoms with E-state index in [1.807, 2.05) is 18.2 Å². The number of alkyl halides is 1. The molecule has 0 amide bonds. The van der Waals surface area contributed by atoms with Crippen LogP contribution in [0, 0.1) is 5.82 Å². The highest BCUT2D eigenvalue weighted by Crippen LogP contribution is 2.37. The van der Waals surface area contributed by atoms with Crippen molar-refractivity contribution in [3.63, 3.8) is 0 Å². The van der Waals surface area contributed by atoms with Gasteiger partial charge in [0.25, 0.3) is 0 Å². The minimum atomic E-state index is -0.355. The molecule has 1 aliphatic heterocycles. The lowest BCUT2D eigenvalue weighted by atomic mass is 10.1. The van der Waals surface area contributed by atoms with Gasteiger partial charge in [-0.3, -0.25) is 0 Å². The average Bonchev–Trinajstić information content (AvgIpc) is 2.48. The molecule has 0 fully saturated rings. The molecule has 3 nitrogen and oxygen atoms in total. The lowest BCUT2D eigenvalue weighted by Gasteiger charge is -2.37. The summed E-state index contributed by atoms with van der Waals surface area (Å²) in [4.78, 5) is 8.55. The zero-order valence-corrected chi connectivity index (χ0v) is 11.9. The minimum Gasteiger partial charge on any atom is -0.371 e. The Labute approximate surface area is 122 Å². The molecule has 0 N–H and O–H groups in total. The highest BCUT2D eigenvalue weighted by atomic mass is 35.5. The number of fused-ring (bicyclic) bond motifs is 1. The van der Waals surface area contributed by atoms with Crippen molar-refractivity contribution in [2.45, 2.75) is 5.88 Å². The Morgan fingerprint density at radius 1 is 1.25 bits per heavy atom. The van der Waals surface area contributed by atoms with Crippen LogP contribution in [0.15, 0.2) is 36.5 Å². The molecule has 104 valence electrons. The normalized spacial score (nSPS) is 14.3. The van der Waals surface area contributed by atoms with Crippen LogP contribution in [0.2, 0.25) is 0 Å². The van der Waals surface area contributed by atoms with Gasteiger partial charge in [-0.15, -0.1) is 11.6 Å². The molecule has 0 saturated heterocycles. The van der Waals surface area contributed by atoms with Crippen LogP contribution >= 0.6 is 11.6 Å². The topological polar surface area (TPSA) is 19.4 Å². The lowest BCUT2D eigenvalue weighted by molar-refractivity contribution is 0.619. The van der Waals surface area contributed by atoms with E-state index in [4.69, 9.17) is 11.6 Å². The fourth-order valence-electron chi connectivity index (χ4n) is 2.54. The van der Waals surface area contributed by atoms with Gasteiger partial charge in [0.05, 0.1) is 23.5 Å². The molecule has 3 rings (SSSR count).